The lowest BCUT2D eigenvalue weighted by molar-refractivity contribution is -0.142. The zero-order chi connectivity index (χ0) is 13.9. The molecule has 1 aliphatic carbocycles. The van der Waals surface area contributed by atoms with Gasteiger partial charge in [-0.1, -0.05) is 30.3 Å². The molecular formula is C16H20O3S. The van der Waals surface area contributed by atoms with Crippen LogP contribution in [0.5, 0.6) is 0 Å². The molecule has 0 radical (unpaired) electrons. The first kappa shape index (κ1) is 14.0. The smallest absolute Gasteiger partial charge is 0.307 e. The summed E-state index contributed by atoms with van der Waals surface area (Å²) in [7, 11) is 0. The minimum Gasteiger partial charge on any atom is -0.481 e. The summed E-state index contributed by atoms with van der Waals surface area (Å²) in [5, 5.41) is 10.1. The van der Waals surface area contributed by atoms with Crippen LogP contribution < -0.4 is 0 Å². The third kappa shape index (κ3) is 3.01. The molecule has 3 atom stereocenters. The zero-order valence-electron chi connectivity index (χ0n) is 11.4. The summed E-state index contributed by atoms with van der Waals surface area (Å²) in [5.74, 6) is -0.319. The van der Waals surface area contributed by atoms with Crippen molar-refractivity contribution in [1.82, 2.24) is 0 Å². The SMILES string of the molecule is O=C(O)C1CCC(c2ccccc2)CC1SC1COC1. The molecule has 3 rings (SSSR count). The summed E-state index contributed by atoms with van der Waals surface area (Å²) in [6.07, 6.45) is 2.75. The number of benzene rings is 1. The molecule has 4 heteroatoms. The lowest BCUT2D eigenvalue weighted by Gasteiger charge is -2.37. The van der Waals surface area contributed by atoms with Gasteiger partial charge in [0.25, 0.3) is 0 Å². The second-order valence-electron chi connectivity index (χ2n) is 5.70. The molecule has 2 aliphatic rings. The zero-order valence-corrected chi connectivity index (χ0v) is 12.2. The first-order valence-electron chi connectivity index (χ1n) is 7.25. The van der Waals surface area contributed by atoms with Gasteiger partial charge in [0.05, 0.1) is 24.4 Å². The van der Waals surface area contributed by atoms with Crippen LogP contribution in [-0.4, -0.2) is 34.8 Å². The molecule has 1 heterocycles. The van der Waals surface area contributed by atoms with Crippen LogP contribution in [0.4, 0.5) is 0 Å². The maximum atomic E-state index is 11.5. The summed E-state index contributed by atoms with van der Waals surface area (Å²) in [6.45, 7) is 1.56. The maximum Gasteiger partial charge on any atom is 0.307 e. The number of hydrogen-bond donors (Lipinski definition) is 1. The van der Waals surface area contributed by atoms with E-state index in [0.29, 0.717) is 11.2 Å². The van der Waals surface area contributed by atoms with E-state index in [2.05, 4.69) is 24.3 Å². The Labute approximate surface area is 123 Å². The maximum absolute atomic E-state index is 11.5. The number of ether oxygens (including phenoxy) is 1. The van der Waals surface area contributed by atoms with Crippen molar-refractivity contribution in [1.29, 1.82) is 0 Å². The van der Waals surface area contributed by atoms with Gasteiger partial charge in [-0.2, -0.15) is 0 Å². The van der Waals surface area contributed by atoms with Crippen molar-refractivity contribution in [2.75, 3.05) is 13.2 Å². The Morgan fingerprint density at radius 3 is 2.55 bits per heavy atom. The average Bonchev–Trinajstić information content (AvgIpc) is 2.43. The van der Waals surface area contributed by atoms with Gasteiger partial charge in [-0.3, -0.25) is 4.79 Å². The molecule has 1 aromatic carbocycles. The topological polar surface area (TPSA) is 46.5 Å². The number of rotatable bonds is 4. The van der Waals surface area contributed by atoms with Gasteiger partial charge < -0.3 is 9.84 Å². The fourth-order valence-electron chi connectivity index (χ4n) is 3.13. The molecule has 0 spiro atoms. The largest absolute Gasteiger partial charge is 0.481 e. The van der Waals surface area contributed by atoms with E-state index >= 15 is 0 Å². The van der Waals surface area contributed by atoms with E-state index in [-0.39, 0.29) is 11.2 Å². The Balaban J connectivity index is 1.70. The van der Waals surface area contributed by atoms with Crippen LogP contribution in [0.25, 0.3) is 0 Å². The summed E-state index contributed by atoms with van der Waals surface area (Å²) in [6, 6.07) is 10.5. The summed E-state index contributed by atoms with van der Waals surface area (Å²) in [5.41, 5.74) is 1.35. The van der Waals surface area contributed by atoms with Crippen molar-refractivity contribution in [2.24, 2.45) is 5.92 Å². The van der Waals surface area contributed by atoms with Crippen LogP contribution in [0, 0.1) is 5.92 Å². The molecular weight excluding hydrogens is 272 g/mol. The third-order valence-electron chi connectivity index (χ3n) is 4.35. The van der Waals surface area contributed by atoms with Crippen LogP contribution in [0.1, 0.15) is 30.7 Å². The monoisotopic (exact) mass is 292 g/mol. The lowest BCUT2D eigenvalue weighted by atomic mass is 9.78. The molecule has 0 bridgehead atoms. The van der Waals surface area contributed by atoms with Gasteiger partial charge >= 0.3 is 5.97 Å². The normalized spacial score (nSPS) is 30.7. The quantitative estimate of drug-likeness (QED) is 0.926. The van der Waals surface area contributed by atoms with E-state index in [9.17, 15) is 9.90 Å². The number of aliphatic carboxylic acids is 1. The van der Waals surface area contributed by atoms with Crippen molar-refractivity contribution in [3.8, 4) is 0 Å². The molecule has 3 nitrogen and oxygen atoms in total. The predicted octanol–water partition coefficient (Wildman–Crippen LogP) is 3.16. The minimum atomic E-state index is -0.630. The molecule has 1 saturated carbocycles. The standard InChI is InChI=1S/C16H20O3S/c17-16(18)14-7-6-12(11-4-2-1-3-5-11)8-15(14)20-13-9-19-10-13/h1-5,12-15H,6-10H2,(H,17,18). The minimum absolute atomic E-state index is 0.194. The van der Waals surface area contributed by atoms with E-state index in [0.717, 1.165) is 32.5 Å². The molecule has 1 N–H and O–H groups in total. The first-order valence-corrected chi connectivity index (χ1v) is 8.19. The highest BCUT2D eigenvalue weighted by molar-refractivity contribution is 8.00. The van der Waals surface area contributed by atoms with Crippen molar-refractivity contribution in [2.45, 2.75) is 35.7 Å². The summed E-state index contributed by atoms with van der Waals surface area (Å²) < 4.78 is 5.22. The molecule has 20 heavy (non-hydrogen) atoms. The number of carbonyl (C=O) groups is 1. The Morgan fingerprint density at radius 1 is 1.20 bits per heavy atom. The Bertz CT molecular complexity index is 458. The second-order valence-corrected chi connectivity index (χ2v) is 7.24. The molecule has 1 aromatic rings. The molecule has 1 saturated heterocycles. The van der Waals surface area contributed by atoms with Gasteiger partial charge in [-0.05, 0) is 30.7 Å². The summed E-state index contributed by atoms with van der Waals surface area (Å²) >= 11 is 1.84. The van der Waals surface area contributed by atoms with Gasteiger partial charge in [0.15, 0.2) is 0 Å². The summed E-state index contributed by atoms with van der Waals surface area (Å²) in [4.78, 5) is 11.5. The molecule has 0 amide bonds. The first-order chi connectivity index (χ1) is 9.74. The average molecular weight is 292 g/mol. The molecule has 1 aliphatic heterocycles. The Morgan fingerprint density at radius 2 is 1.95 bits per heavy atom. The van der Waals surface area contributed by atoms with Crippen LogP contribution in [0.3, 0.4) is 0 Å². The van der Waals surface area contributed by atoms with Crippen LogP contribution in [-0.2, 0) is 9.53 Å². The van der Waals surface area contributed by atoms with Gasteiger partial charge in [0.1, 0.15) is 0 Å². The molecule has 0 aromatic heterocycles. The van der Waals surface area contributed by atoms with Gasteiger partial charge in [0.2, 0.25) is 0 Å². The van der Waals surface area contributed by atoms with Gasteiger partial charge in [-0.15, -0.1) is 11.8 Å². The van der Waals surface area contributed by atoms with Crippen LogP contribution in [0.15, 0.2) is 30.3 Å². The molecule has 3 unspecified atom stereocenters. The fourth-order valence-corrected chi connectivity index (χ4v) is 4.76. The van der Waals surface area contributed by atoms with E-state index < -0.39 is 5.97 Å². The molecule has 2 fully saturated rings. The van der Waals surface area contributed by atoms with Crippen molar-refractivity contribution < 1.29 is 14.6 Å². The number of carboxylic acids is 1. The van der Waals surface area contributed by atoms with Crippen molar-refractivity contribution >= 4 is 17.7 Å². The number of thioether (sulfide) groups is 1. The highest BCUT2D eigenvalue weighted by Crippen LogP contribution is 2.43. The highest BCUT2D eigenvalue weighted by atomic mass is 32.2. The van der Waals surface area contributed by atoms with Gasteiger partial charge in [-0.25, -0.2) is 0 Å². The van der Waals surface area contributed by atoms with Crippen molar-refractivity contribution in [3.05, 3.63) is 35.9 Å². The third-order valence-corrected chi connectivity index (χ3v) is 5.88. The van der Waals surface area contributed by atoms with Crippen LogP contribution in [0.2, 0.25) is 0 Å². The lowest BCUT2D eigenvalue weighted by Crippen LogP contribution is -2.38. The van der Waals surface area contributed by atoms with Crippen molar-refractivity contribution in [3.63, 3.8) is 0 Å². The van der Waals surface area contributed by atoms with Crippen LogP contribution >= 0.6 is 11.8 Å². The second kappa shape index (κ2) is 6.19. The molecule has 108 valence electrons. The van der Waals surface area contributed by atoms with E-state index in [1.165, 1.54) is 5.56 Å². The fraction of sp³-hybridized carbons (Fsp3) is 0.562. The van der Waals surface area contributed by atoms with E-state index in [1.54, 1.807) is 0 Å². The number of hydrogen-bond acceptors (Lipinski definition) is 3. The predicted molar refractivity (Wildman–Crippen MR) is 80.1 cm³/mol. The van der Waals surface area contributed by atoms with E-state index in [1.807, 2.05) is 17.8 Å². The Hall–Kier alpha value is -1.00. The van der Waals surface area contributed by atoms with E-state index in [4.69, 9.17) is 4.74 Å². The Kier molecular flexibility index (Phi) is 4.32. The van der Waals surface area contributed by atoms with Gasteiger partial charge in [0, 0.05) is 5.25 Å². The highest BCUT2D eigenvalue weighted by Gasteiger charge is 2.38. The number of carboxylic acid groups (broad SMARTS) is 1.